The average Bonchev–Trinajstić information content (AvgIpc) is 2.72. The van der Waals surface area contributed by atoms with Crippen LogP contribution in [0.3, 0.4) is 0 Å². The van der Waals surface area contributed by atoms with E-state index in [1.54, 1.807) is 12.1 Å². The van der Waals surface area contributed by atoms with Crippen molar-refractivity contribution in [3.05, 3.63) is 53.6 Å². The number of carbonyl (C=O) groups excluding carboxylic acids is 2. The highest BCUT2D eigenvalue weighted by Gasteiger charge is 2.17. The molecule has 3 aromatic rings. The summed E-state index contributed by atoms with van der Waals surface area (Å²) in [4.78, 5) is 33.3. The maximum absolute atomic E-state index is 12.7. The number of ketones is 1. The Labute approximate surface area is 167 Å². The van der Waals surface area contributed by atoms with Crippen molar-refractivity contribution in [2.75, 3.05) is 22.9 Å². The number of Topliss-reactive ketones (excluding diaryl/α,β-unsaturated/α-hetero) is 1. The van der Waals surface area contributed by atoms with E-state index >= 15 is 0 Å². The maximum Gasteiger partial charge on any atom is 0.224 e. The molecule has 28 heavy (non-hydrogen) atoms. The molecule has 142 valence electrons. The Hall–Kier alpha value is -2.93. The number of benzene rings is 2. The van der Waals surface area contributed by atoms with E-state index in [0.29, 0.717) is 23.6 Å². The first-order chi connectivity index (χ1) is 13.6. The number of nitrogens with one attached hydrogen (secondary N) is 2. The average molecular weight is 392 g/mol. The zero-order chi connectivity index (χ0) is 19.5. The summed E-state index contributed by atoms with van der Waals surface area (Å²) in [5, 5.41) is 7.65. The largest absolute Gasteiger partial charge is 0.370 e. The molecule has 0 bridgehead atoms. The fourth-order valence-corrected chi connectivity index (χ4v) is 3.94. The number of rotatable bonds is 6. The number of nitrogens with zero attached hydrogens (tertiary/aromatic N) is 2. The highest BCUT2D eigenvalue weighted by atomic mass is 32.2. The zero-order valence-corrected chi connectivity index (χ0v) is 16.3. The number of anilines is 2. The van der Waals surface area contributed by atoms with E-state index in [0.717, 1.165) is 34.5 Å². The van der Waals surface area contributed by atoms with E-state index in [9.17, 15) is 9.59 Å². The predicted molar refractivity (Wildman–Crippen MR) is 112 cm³/mol. The van der Waals surface area contributed by atoms with Gasteiger partial charge in [0.1, 0.15) is 5.82 Å². The molecular weight excluding hydrogens is 372 g/mol. The summed E-state index contributed by atoms with van der Waals surface area (Å²) in [5.74, 6) is 1.08. The fraction of sp³-hybridized carbons (Fsp3) is 0.238. The topological polar surface area (TPSA) is 84.0 Å². The van der Waals surface area contributed by atoms with Gasteiger partial charge in [-0.1, -0.05) is 23.9 Å². The van der Waals surface area contributed by atoms with Gasteiger partial charge in [0.25, 0.3) is 0 Å². The van der Waals surface area contributed by atoms with Gasteiger partial charge in [0.15, 0.2) is 10.9 Å². The van der Waals surface area contributed by atoms with E-state index in [-0.39, 0.29) is 17.4 Å². The van der Waals surface area contributed by atoms with Crippen LogP contribution < -0.4 is 10.6 Å². The van der Waals surface area contributed by atoms with E-state index in [1.807, 2.05) is 37.3 Å². The first-order valence-electron chi connectivity index (χ1n) is 9.23. The van der Waals surface area contributed by atoms with Crippen molar-refractivity contribution in [3.8, 4) is 0 Å². The van der Waals surface area contributed by atoms with Crippen LogP contribution in [0.25, 0.3) is 10.9 Å². The molecule has 0 aliphatic carbocycles. The molecule has 2 heterocycles. The third-order valence-corrected chi connectivity index (χ3v) is 5.43. The lowest BCUT2D eigenvalue weighted by atomic mass is 9.99. The minimum absolute atomic E-state index is 0.0199. The summed E-state index contributed by atoms with van der Waals surface area (Å²) in [5.41, 5.74) is 3.31. The SMILES string of the molecule is CCNc1nc(SCC(=O)c2ccc3c(c2)CCC(=O)N3)nc2ccccc12. The van der Waals surface area contributed by atoms with Gasteiger partial charge in [-0.25, -0.2) is 9.97 Å². The van der Waals surface area contributed by atoms with Gasteiger partial charge in [-0.3, -0.25) is 9.59 Å². The molecule has 0 saturated heterocycles. The van der Waals surface area contributed by atoms with Crippen LogP contribution >= 0.6 is 11.8 Å². The molecule has 7 heteroatoms. The lowest BCUT2D eigenvalue weighted by Gasteiger charge is -2.17. The number of thioether (sulfide) groups is 1. The standard InChI is InChI=1S/C21H20N4O2S/c1-2-22-20-15-5-3-4-6-17(15)24-21(25-20)28-12-18(26)14-7-9-16-13(11-14)8-10-19(27)23-16/h3-7,9,11H,2,8,10,12H2,1H3,(H,23,27)(H,22,24,25). The fourth-order valence-electron chi connectivity index (χ4n) is 3.19. The molecule has 1 aromatic heterocycles. The summed E-state index contributed by atoms with van der Waals surface area (Å²) in [6, 6.07) is 13.3. The smallest absolute Gasteiger partial charge is 0.224 e. The molecule has 1 aliphatic rings. The van der Waals surface area contributed by atoms with Crippen LogP contribution in [0, 0.1) is 0 Å². The number of hydrogen-bond acceptors (Lipinski definition) is 6. The summed E-state index contributed by atoms with van der Waals surface area (Å²) in [6.45, 7) is 2.78. The van der Waals surface area contributed by atoms with Crippen molar-refractivity contribution in [2.24, 2.45) is 0 Å². The Morgan fingerprint density at radius 2 is 2.04 bits per heavy atom. The first-order valence-corrected chi connectivity index (χ1v) is 10.2. The van der Waals surface area contributed by atoms with Crippen LogP contribution in [-0.4, -0.2) is 34.0 Å². The number of aryl methyl sites for hydroxylation is 1. The Morgan fingerprint density at radius 1 is 1.18 bits per heavy atom. The summed E-state index contributed by atoms with van der Waals surface area (Å²) >= 11 is 1.33. The van der Waals surface area contributed by atoms with Gasteiger partial charge in [0, 0.05) is 29.6 Å². The lowest BCUT2D eigenvalue weighted by Crippen LogP contribution is -2.19. The molecule has 4 rings (SSSR count). The van der Waals surface area contributed by atoms with Gasteiger partial charge in [0.05, 0.1) is 11.3 Å². The van der Waals surface area contributed by atoms with Crippen molar-refractivity contribution in [1.29, 1.82) is 0 Å². The van der Waals surface area contributed by atoms with Crippen molar-refractivity contribution in [2.45, 2.75) is 24.9 Å². The van der Waals surface area contributed by atoms with Crippen LogP contribution in [-0.2, 0) is 11.2 Å². The molecule has 1 amide bonds. The molecule has 0 saturated carbocycles. The monoisotopic (exact) mass is 392 g/mol. The predicted octanol–water partition coefficient (Wildman–Crippen LogP) is 3.92. The summed E-state index contributed by atoms with van der Waals surface area (Å²) in [7, 11) is 0. The zero-order valence-electron chi connectivity index (χ0n) is 15.5. The Morgan fingerprint density at radius 3 is 2.89 bits per heavy atom. The molecule has 6 nitrogen and oxygen atoms in total. The Kier molecular flexibility index (Phi) is 5.25. The van der Waals surface area contributed by atoms with E-state index < -0.39 is 0 Å². The number of hydrogen-bond donors (Lipinski definition) is 2. The summed E-state index contributed by atoms with van der Waals surface area (Å²) < 4.78 is 0. The molecule has 0 radical (unpaired) electrons. The Bertz CT molecular complexity index is 1070. The second-order valence-electron chi connectivity index (χ2n) is 6.53. The van der Waals surface area contributed by atoms with Gasteiger partial charge in [-0.15, -0.1) is 0 Å². The molecule has 0 unspecified atom stereocenters. The van der Waals surface area contributed by atoms with Crippen LogP contribution in [0.5, 0.6) is 0 Å². The highest BCUT2D eigenvalue weighted by Crippen LogP contribution is 2.27. The van der Waals surface area contributed by atoms with Gasteiger partial charge in [0.2, 0.25) is 5.91 Å². The van der Waals surface area contributed by atoms with Crippen molar-refractivity contribution < 1.29 is 9.59 Å². The Balaban J connectivity index is 1.51. The van der Waals surface area contributed by atoms with Crippen LogP contribution in [0.1, 0.15) is 29.3 Å². The van der Waals surface area contributed by atoms with Crippen molar-refractivity contribution in [3.63, 3.8) is 0 Å². The van der Waals surface area contributed by atoms with E-state index in [4.69, 9.17) is 0 Å². The van der Waals surface area contributed by atoms with Gasteiger partial charge < -0.3 is 10.6 Å². The second kappa shape index (κ2) is 7.98. The van der Waals surface area contributed by atoms with E-state index in [2.05, 4.69) is 20.6 Å². The van der Waals surface area contributed by atoms with Crippen LogP contribution in [0.2, 0.25) is 0 Å². The lowest BCUT2D eigenvalue weighted by molar-refractivity contribution is -0.116. The molecule has 2 aromatic carbocycles. The minimum atomic E-state index is 0.0199. The number of amides is 1. The first kappa shape index (κ1) is 18.4. The van der Waals surface area contributed by atoms with Crippen LogP contribution in [0.15, 0.2) is 47.6 Å². The number of aromatic nitrogens is 2. The van der Waals surface area contributed by atoms with Crippen molar-refractivity contribution >= 4 is 45.9 Å². The quantitative estimate of drug-likeness (QED) is 0.376. The van der Waals surface area contributed by atoms with Crippen LogP contribution in [0.4, 0.5) is 11.5 Å². The molecule has 0 spiro atoms. The molecular formula is C21H20N4O2S. The number of para-hydroxylation sites is 1. The van der Waals surface area contributed by atoms with Gasteiger partial charge in [-0.2, -0.15) is 0 Å². The normalized spacial score (nSPS) is 13.1. The van der Waals surface area contributed by atoms with E-state index in [1.165, 1.54) is 11.8 Å². The highest BCUT2D eigenvalue weighted by molar-refractivity contribution is 7.99. The molecule has 2 N–H and O–H groups in total. The van der Waals surface area contributed by atoms with Crippen molar-refractivity contribution in [1.82, 2.24) is 9.97 Å². The molecule has 0 atom stereocenters. The maximum atomic E-state index is 12.7. The van der Waals surface area contributed by atoms with Gasteiger partial charge >= 0.3 is 0 Å². The minimum Gasteiger partial charge on any atom is -0.370 e. The molecule has 1 aliphatic heterocycles. The third-order valence-electron chi connectivity index (χ3n) is 4.58. The second-order valence-corrected chi connectivity index (χ2v) is 7.48. The summed E-state index contributed by atoms with van der Waals surface area (Å²) in [6.07, 6.45) is 1.12. The molecule has 0 fully saturated rings. The third kappa shape index (κ3) is 3.84. The van der Waals surface area contributed by atoms with Gasteiger partial charge in [-0.05, 0) is 49.2 Å². The number of carbonyl (C=O) groups is 2. The number of fused-ring (bicyclic) bond motifs is 2.